The van der Waals surface area contributed by atoms with Crippen LogP contribution in [0.1, 0.15) is 83.6 Å². The van der Waals surface area contributed by atoms with Gasteiger partial charge in [-0.2, -0.15) is 0 Å². The molecule has 21 heavy (non-hydrogen) atoms. The van der Waals surface area contributed by atoms with Crippen molar-refractivity contribution in [3.8, 4) is 0 Å². The Hall–Kier alpha value is -0.920. The minimum absolute atomic E-state index is 0. The van der Waals surface area contributed by atoms with E-state index in [0.29, 0.717) is 0 Å². The van der Waals surface area contributed by atoms with Crippen LogP contribution in [0.25, 0.3) is 0 Å². The van der Waals surface area contributed by atoms with E-state index in [4.69, 9.17) is 0 Å². The van der Waals surface area contributed by atoms with Crippen molar-refractivity contribution in [1.82, 2.24) is 0 Å². The summed E-state index contributed by atoms with van der Waals surface area (Å²) in [5.74, 6) is 0. The molecule has 0 saturated heterocycles. The van der Waals surface area contributed by atoms with Crippen LogP contribution in [-0.2, 0) is 13.0 Å². The SMILES string of the molecule is CCCCCCCCCCCC[n+]1ccc(CC)cc1.[F-]. The minimum Gasteiger partial charge on any atom is -1.00 e. The lowest BCUT2D eigenvalue weighted by Gasteiger charge is -2.01. The first kappa shape index (κ1) is 20.1. The fourth-order valence-corrected chi connectivity index (χ4v) is 2.65. The Balaban J connectivity index is 0.00000400. The van der Waals surface area contributed by atoms with Gasteiger partial charge in [0.1, 0.15) is 6.54 Å². The summed E-state index contributed by atoms with van der Waals surface area (Å²) < 4.78 is 2.32. The van der Waals surface area contributed by atoms with E-state index in [2.05, 4.69) is 42.9 Å². The number of aromatic nitrogens is 1. The van der Waals surface area contributed by atoms with E-state index < -0.39 is 0 Å². The fraction of sp³-hybridized carbons (Fsp3) is 0.737. The maximum Gasteiger partial charge on any atom is 0.169 e. The summed E-state index contributed by atoms with van der Waals surface area (Å²) in [5, 5.41) is 0. The molecule has 0 saturated carbocycles. The summed E-state index contributed by atoms with van der Waals surface area (Å²) in [7, 11) is 0. The molecule has 1 aromatic heterocycles. The molecule has 0 amide bonds. The molecule has 0 aliphatic carbocycles. The summed E-state index contributed by atoms with van der Waals surface area (Å²) in [6, 6.07) is 4.49. The predicted molar refractivity (Wildman–Crippen MR) is 87.9 cm³/mol. The smallest absolute Gasteiger partial charge is 0.169 e. The second-order valence-electron chi connectivity index (χ2n) is 5.98. The maximum absolute atomic E-state index is 2.32. The molecule has 0 unspecified atom stereocenters. The van der Waals surface area contributed by atoms with Crippen molar-refractivity contribution in [2.24, 2.45) is 0 Å². The third-order valence-electron chi connectivity index (χ3n) is 4.14. The highest BCUT2D eigenvalue weighted by molar-refractivity contribution is 5.06. The summed E-state index contributed by atoms with van der Waals surface area (Å²) in [6.45, 7) is 5.68. The molecule has 1 aromatic rings. The summed E-state index contributed by atoms with van der Waals surface area (Å²) in [4.78, 5) is 0. The number of pyridine rings is 1. The van der Waals surface area contributed by atoms with E-state index in [1.165, 1.54) is 76.3 Å². The second-order valence-corrected chi connectivity index (χ2v) is 5.98. The number of rotatable bonds is 12. The van der Waals surface area contributed by atoms with Crippen molar-refractivity contribution in [2.75, 3.05) is 0 Å². The van der Waals surface area contributed by atoms with Gasteiger partial charge >= 0.3 is 0 Å². The van der Waals surface area contributed by atoms with Crippen LogP contribution in [0.15, 0.2) is 24.5 Å². The molecule has 0 aromatic carbocycles. The average Bonchev–Trinajstić information content (AvgIpc) is 2.50. The van der Waals surface area contributed by atoms with Gasteiger partial charge in [0.2, 0.25) is 0 Å². The van der Waals surface area contributed by atoms with E-state index in [1.807, 2.05) is 0 Å². The number of unbranched alkanes of at least 4 members (excludes halogenated alkanes) is 9. The molecule has 0 atom stereocenters. The zero-order valence-corrected chi connectivity index (χ0v) is 14.1. The monoisotopic (exact) mass is 295 g/mol. The molecule has 0 fully saturated rings. The zero-order chi connectivity index (χ0) is 14.5. The van der Waals surface area contributed by atoms with Crippen LogP contribution in [0.5, 0.6) is 0 Å². The average molecular weight is 295 g/mol. The van der Waals surface area contributed by atoms with Crippen LogP contribution in [0.2, 0.25) is 0 Å². The van der Waals surface area contributed by atoms with Gasteiger partial charge in [0.25, 0.3) is 0 Å². The van der Waals surface area contributed by atoms with Crippen LogP contribution < -0.4 is 9.27 Å². The van der Waals surface area contributed by atoms with E-state index >= 15 is 0 Å². The first-order valence-electron chi connectivity index (χ1n) is 8.84. The lowest BCUT2D eigenvalue weighted by molar-refractivity contribution is -0.697. The Labute approximate surface area is 131 Å². The Kier molecular flexibility index (Phi) is 13.4. The molecular weight excluding hydrogens is 261 g/mol. The third kappa shape index (κ3) is 10.4. The Morgan fingerprint density at radius 3 is 1.67 bits per heavy atom. The number of aryl methyl sites for hydroxylation is 2. The third-order valence-corrected chi connectivity index (χ3v) is 4.14. The van der Waals surface area contributed by atoms with Gasteiger partial charge in [0.15, 0.2) is 12.4 Å². The number of halogens is 1. The van der Waals surface area contributed by atoms with Crippen LogP contribution in [0.4, 0.5) is 0 Å². The molecule has 122 valence electrons. The molecule has 1 nitrogen and oxygen atoms in total. The largest absolute Gasteiger partial charge is 1.00 e. The summed E-state index contributed by atoms with van der Waals surface area (Å²) in [6.07, 6.45) is 19.7. The molecule has 0 radical (unpaired) electrons. The van der Waals surface area contributed by atoms with Gasteiger partial charge < -0.3 is 4.70 Å². The van der Waals surface area contributed by atoms with Gasteiger partial charge in [-0.15, -0.1) is 0 Å². The first-order chi connectivity index (χ1) is 9.86. The van der Waals surface area contributed by atoms with Crippen molar-refractivity contribution in [1.29, 1.82) is 0 Å². The molecule has 0 bridgehead atoms. The zero-order valence-electron chi connectivity index (χ0n) is 14.1. The molecule has 0 aliphatic rings. The van der Waals surface area contributed by atoms with Gasteiger partial charge in [0, 0.05) is 18.6 Å². The van der Waals surface area contributed by atoms with Crippen molar-refractivity contribution in [2.45, 2.75) is 91.0 Å². The van der Waals surface area contributed by atoms with Crippen LogP contribution in [-0.4, -0.2) is 0 Å². The normalized spacial score (nSPS) is 10.4. The second kappa shape index (κ2) is 14.0. The molecule has 1 heterocycles. The Morgan fingerprint density at radius 1 is 0.714 bits per heavy atom. The van der Waals surface area contributed by atoms with Crippen LogP contribution in [0, 0.1) is 0 Å². The highest BCUT2D eigenvalue weighted by atomic mass is 19.0. The lowest BCUT2D eigenvalue weighted by atomic mass is 10.1. The number of hydrogen-bond donors (Lipinski definition) is 0. The molecule has 0 aliphatic heterocycles. The van der Waals surface area contributed by atoms with Crippen molar-refractivity contribution in [3.05, 3.63) is 30.1 Å². The summed E-state index contributed by atoms with van der Waals surface area (Å²) >= 11 is 0. The van der Waals surface area contributed by atoms with Crippen molar-refractivity contribution >= 4 is 0 Å². The first-order valence-corrected chi connectivity index (χ1v) is 8.84. The van der Waals surface area contributed by atoms with Gasteiger partial charge in [-0.25, -0.2) is 4.57 Å². The molecular formula is C19H34FN. The van der Waals surface area contributed by atoms with Gasteiger partial charge in [-0.3, -0.25) is 0 Å². The van der Waals surface area contributed by atoms with E-state index in [0.717, 1.165) is 6.42 Å². The van der Waals surface area contributed by atoms with Gasteiger partial charge in [-0.05, 0) is 18.4 Å². The van der Waals surface area contributed by atoms with Gasteiger partial charge in [0.05, 0.1) is 0 Å². The molecule has 1 rings (SSSR count). The molecule has 0 spiro atoms. The highest BCUT2D eigenvalue weighted by Gasteiger charge is 2.00. The molecule has 0 N–H and O–H groups in total. The predicted octanol–water partition coefficient (Wildman–Crippen LogP) is 2.46. The standard InChI is InChI=1S/C19H34N.FH/c1-3-5-6-7-8-9-10-11-12-13-16-20-17-14-19(4-2)15-18-20;/h14-15,17-18H,3-13,16H2,1-2H3;1H/q+1;/p-1. The van der Waals surface area contributed by atoms with Crippen LogP contribution >= 0.6 is 0 Å². The van der Waals surface area contributed by atoms with E-state index in [9.17, 15) is 0 Å². The van der Waals surface area contributed by atoms with Crippen LogP contribution in [0.3, 0.4) is 0 Å². The van der Waals surface area contributed by atoms with Crippen molar-refractivity contribution in [3.63, 3.8) is 0 Å². The quantitative estimate of drug-likeness (QED) is 0.412. The summed E-state index contributed by atoms with van der Waals surface area (Å²) in [5.41, 5.74) is 1.43. The van der Waals surface area contributed by atoms with E-state index in [-0.39, 0.29) is 4.70 Å². The lowest BCUT2D eigenvalue weighted by Crippen LogP contribution is -3.00. The highest BCUT2D eigenvalue weighted by Crippen LogP contribution is 2.10. The van der Waals surface area contributed by atoms with E-state index in [1.54, 1.807) is 0 Å². The molecule has 2 heteroatoms. The maximum atomic E-state index is 2.32. The van der Waals surface area contributed by atoms with Crippen molar-refractivity contribution < 1.29 is 9.27 Å². The Bertz CT molecular complexity index is 321. The minimum atomic E-state index is 0. The van der Waals surface area contributed by atoms with Gasteiger partial charge in [-0.1, -0.05) is 65.2 Å². The Morgan fingerprint density at radius 2 is 1.19 bits per heavy atom. The number of nitrogens with zero attached hydrogens (tertiary/aromatic N) is 1. The topological polar surface area (TPSA) is 3.88 Å². The number of hydrogen-bond acceptors (Lipinski definition) is 0. The fourth-order valence-electron chi connectivity index (χ4n) is 2.65.